The highest BCUT2D eigenvalue weighted by atomic mass is 33.1. The Morgan fingerprint density at radius 1 is 0.707 bits per heavy atom. The van der Waals surface area contributed by atoms with E-state index in [4.69, 9.17) is 23.1 Å². The first-order valence-electron chi connectivity index (χ1n) is 13.9. The normalized spacial score (nSPS) is 18.2. The number of benzene rings is 2. The molecule has 0 radical (unpaired) electrons. The molecule has 0 spiro atoms. The summed E-state index contributed by atoms with van der Waals surface area (Å²) < 4.78 is 79.4. The molecule has 41 heavy (non-hydrogen) atoms. The third-order valence-corrected chi connectivity index (χ3v) is 9.58. The third-order valence-electron chi connectivity index (χ3n) is 6.81. The Hall–Kier alpha value is -1.68. The SMILES string of the molecule is O=S(=O)(OCCNCCCC1(c2ccc(F)cc2)OCCO1)SCCNCCCC1(c2ccc(F)cc2)OCCO1. The van der Waals surface area contributed by atoms with Gasteiger partial charge in [0.15, 0.2) is 11.6 Å². The van der Waals surface area contributed by atoms with E-state index in [1.165, 1.54) is 24.3 Å². The monoisotopic (exact) mass is 616 g/mol. The second kappa shape index (κ2) is 15.7. The Bertz CT molecular complexity index is 1070. The number of hydrogen-bond acceptors (Lipinski definition) is 10. The first-order valence-corrected chi connectivity index (χ1v) is 16.8. The molecule has 0 bridgehead atoms. The molecule has 2 aliphatic rings. The summed E-state index contributed by atoms with van der Waals surface area (Å²) >= 11 is 0. The molecule has 4 rings (SSSR count). The van der Waals surface area contributed by atoms with Crippen molar-refractivity contribution in [2.45, 2.75) is 37.3 Å². The van der Waals surface area contributed by atoms with Crippen LogP contribution in [-0.4, -0.2) is 73.4 Å². The summed E-state index contributed by atoms with van der Waals surface area (Å²) in [6, 6.07) is 12.3. The molecular weight excluding hydrogens is 578 g/mol. The molecule has 2 aromatic rings. The van der Waals surface area contributed by atoms with E-state index in [1.807, 2.05) is 0 Å². The summed E-state index contributed by atoms with van der Waals surface area (Å²) in [4.78, 5) is 0. The second-order valence-electron chi connectivity index (χ2n) is 9.67. The van der Waals surface area contributed by atoms with Crippen molar-refractivity contribution in [1.82, 2.24) is 10.6 Å². The molecule has 0 amide bonds. The van der Waals surface area contributed by atoms with Crippen LogP contribution >= 0.6 is 10.8 Å². The standard InChI is InChI=1S/C28H38F2N2O7S2/c29-25-7-3-23(4-8-25)27(35-18-19-36-27)11-1-13-31-15-17-39-41(33,34)40-22-16-32-14-2-12-28(37-20-21-38-28)24-5-9-26(30)10-6-24/h3-10,31-32H,1-2,11-22H2. The molecule has 2 aliphatic heterocycles. The lowest BCUT2D eigenvalue weighted by Gasteiger charge is -2.28. The summed E-state index contributed by atoms with van der Waals surface area (Å²) in [7, 11) is -2.94. The van der Waals surface area contributed by atoms with Gasteiger partial charge in [-0.15, -0.1) is 0 Å². The Balaban J connectivity index is 1.04. The van der Waals surface area contributed by atoms with E-state index >= 15 is 0 Å². The zero-order valence-corrected chi connectivity index (χ0v) is 24.6. The van der Waals surface area contributed by atoms with E-state index in [0.29, 0.717) is 77.6 Å². The molecule has 2 aromatic carbocycles. The highest BCUT2D eigenvalue weighted by Gasteiger charge is 2.39. The molecule has 0 atom stereocenters. The van der Waals surface area contributed by atoms with Gasteiger partial charge in [-0.3, -0.25) is 4.18 Å². The first-order chi connectivity index (χ1) is 19.8. The smallest absolute Gasteiger partial charge is 0.322 e. The second-order valence-corrected chi connectivity index (χ2v) is 13.3. The predicted octanol–water partition coefficient (Wildman–Crippen LogP) is 3.80. The Kier molecular flexibility index (Phi) is 12.3. The van der Waals surface area contributed by atoms with Crippen LogP contribution in [0.5, 0.6) is 0 Å². The fourth-order valence-corrected chi connectivity index (χ4v) is 6.89. The van der Waals surface area contributed by atoms with Gasteiger partial charge in [0.25, 0.3) is 0 Å². The number of rotatable bonds is 18. The molecule has 2 saturated heterocycles. The van der Waals surface area contributed by atoms with Gasteiger partial charge in [0.1, 0.15) is 11.6 Å². The molecule has 0 aromatic heterocycles. The van der Waals surface area contributed by atoms with Crippen molar-refractivity contribution in [3.05, 3.63) is 71.3 Å². The molecule has 2 N–H and O–H groups in total. The topological polar surface area (TPSA) is 104 Å². The summed E-state index contributed by atoms with van der Waals surface area (Å²) in [6.45, 7) is 4.10. The average molecular weight is 617 g/mol. The van der Waals surface area contributed by atoms with Crippen molar-refractivity contribution < 1.29 is 40.3 Å². The van der Waals surface area contributed by atoms with Crippen LogP contribution in [0, 0.1) is 11.6 Å². The minimum atomic E-state index is -3.70. The lowest BCUT2D eigenvalue weighted by molar-refractivity contribution is -0.171. The van der Waals surface area contributed by atoms with Crippen LogP contribution in [0.1, 0.15) is 36.8 Å². The van der Waals surface area contributed by atoms with E-state index in [1.54, 1.807) is 24.3 Å². The lowest BCUT2D eigenvalue weighted by atomic mass is 10.0. The highest BCUT2D eigenvalue weighted by Crippen LogP contribution is 2.37. The van der Waals surface area contributed by atoms with Crippen LogP contribution in [0.4, 0.5) is 8.78 Å². The number of ether oxygens (including phenoxy) is 4. The zero-order valence-electron chi connectivity index (χ0n) is 22.9. The Morgan fingerprint density at radius 3 is 1.61 bits per heavy atom. The van der Waals surface area contributed by atoms with Crippen molar-refractivity contribution in [2.75, 3.05) is 65.0 Å². The Labute approximate surface area is 244 Å². The number of halogens is 2. The van der Waals surface area contributed by atoms with E-state index < -0.39 is 20.7 Å². The quantitative estimate of drug-likeness (QED) is 0.190. The van der Waals surface area contributed by atoms with Gasteiger partial charge in [-0.1, -0.05) is 24.3 Å². The first kappa shape index (κ1) is 32.2. The van der Waals surface area contributed by atoms with Crippen LogP contribution in [-0.2, 0) is 43.9 Å². The molecule has 0 unspecified atom stereocenters. The van der Waals surface area contributed by atoms with Gasteiger partial charge in [0.2, 0.25) is 0 Å². The van der Waals surface area contributed by atoms with Crippen molar-refractivity contribution in [2.24, 2.45) is 0 Å². The maximum atomic E-state index is 13.3. The third kappa shape index (κ3) is 9.66. The predicted molar refractivity (Wildman–Crippen MR) is 152 cm³/mol. The van der Waals surface area contributed by atoms with Gasteiger partial charge in [-0.2, -0.15) is 8.42 Å². The van der Waals surface area contributed by atoms with Crippen LogP contribution in [0.2, 0.25) is 0 Å². The van der Waals surface area contributed by atoms with E-state index in [0.717, 1.165) is 28.3 Å². The summed E-state index contributed by atoms with van der Waals surface area (Å²) in [5.41, 5.74) is 1.57. The molecule has 0 aliphatic carbocycles. The highest BCUT2D eigenvalue weighted by molar-refractivity contribution is 8.70. The minimum Gasteiger partial charge on any atom is -0.343 e. The van der Waals surface area contributed by atoms with Gasteiger partial charge in [-0.05, 0) is 61.0 Å². The molecule has 13 heteroatoms. The minimum absolute atomic E-state index is 0.0321. The van der Waals surface area contributed by atoms with Gasteiger partial charge in [0.05, 0.1) is 33.0 Å². The summed E-state index contributed by atoms with van der Waals surface area (Å²) in [6.07, 6.45) is 2.63. The van der Waals surface area contributed by atoms with Crippen LogP contribution in [0.15, 0.2) is 48.5 Å². The van der Waals surface area contributed by atoms with Crippen LogP contribution < -0.4 is 10.6 Å². The van der Waals surface area contributed by atoms with E-state index in [-0.39, 0.29) is 18.2 Å². The maximum Gasteiger partial charge on any atom is 0.322 e. The molecule has 2 heterocycles. The fourth-order valence-electron chi connectivity index (χ4n) is 4.84. The van der Waals surface area contributed by atoms with E-state index in [2.05, 4.69) is 10.6 Å². The molecule has 0 saturated carbocycles. The summed E-state index contributed by atoms with van der Waals surface area (Å²) in [5, 5.41) is 6.40. The lowest BCUT2D eigenvalue weighted by Crippen LogP contribution is -2.29. The van der Waals surface area contributed by atoms with Gasteiger partial charge in [0, 0.05) is 42.8 Å². The molecular formula is C28H38F2N2O7S2. The van der Waals surface area contributed by atoms with Crippen molar-refractivity contribution in [3.8, 4) is 0 Å². The van der Waals surface area contributed by atoms with Gasteiger partial charge in [-0.25, -0.2) is 8.78 Å². The fraction of sp³-hybridized carbons (Fsp3) is 0.571. The summed E-state index contributed by atoms with van der Waals surface area (Å²) in [5.74, 6) is -2.02. The molecule has 2 fully saturated rings. The Morgan fingerprint density at radius 2 is 1.15 bits per heavy atom. The van der Waals surface area contributed by atoms with Crippen LogP contribution in [0.3, 0.4) is 0 Å². The molecule has 9 nitrogen and oxygen atoms in total. The maximum absolute atomic E-state index is 13.3. The number of hydrogen-bond donors (Lipinski definition) is 2. The largest absolute Gasteiger partial charge is 0.343 e. The van der Waals surface area contributed by atoms with Crippen molar-refractivity contribution in [3.63, 3.8) is 0 Å². The van der Waals surface area contributed by atoms with Crippen LogP contribution in [0.25, 0.3) is 0 Å². The van der Waals surface area contributed by atoms with Crippen molar-refractivity contribution in [1.29, 1.82) is 0 Å². The van der Waals surface area contributed by atoms with Gasteiger partial charge < -0.3 is 29.6 Å². The van der Waals surface area contributed by atoms with Gasteiger partial charge >= 0.3 is 9.15 Å². The van der Waals surface area contributed by atoms with E-state index in [9.17, 15) is 17.2 Å². The van der Waals surface area contributed by atoms with Crippen molar-refractivity contribution >= 4 is 19.9 Å². The molecule has 228 valence electrons. The zero-order chi connectivity index (χ0) is 29.0. The average Bonchev–Trinajstić information content (AvgIpc) is 3.64. The number of nitrogens with one attached hydrogen (secondary N) is 2.